The van der Waals surface area contributed by atoms with Gasteiger partial charge in [0.15, 0.2) is 17.5 Å². The molecule has 0 saturated carbocycles. The number of hydrogen-bond acceptors (Lipinski definition) is 5. The number of amides is 1. The predicted molar refractivity (Wildman–Crippen MR) is 109 cm³/mol. The first kappa shape index (κ1) is 22.2. The number of nitrogens with one attached hydrogen (secondary N) is 2. The molecule has 1 saturated heterocycles. The molecule has 8 nitrogen and oxygen atoms in total. The molecule has 32 heavy (non-hydrogen) atoms. The van der Waals surface area contributed by atoms with Gasteiger partial charge in [0.2, 0.25) is 10.0 Å². The Morgan fingerprint density at radius 2 is 1.91 bits per heavy atom. The number of fused-ring (bicyclic) bond motifs is 1. The molecule has 2 unspecified atom stereocenters. The molecular formula is C20H19F3N4O4S. The van der Waals surface area contributed by atoms with Crippen LogP contribution in [0, 0.1) is 23.4 Å². The molecule has 3 aromatic rings. The average molecular weight is 468 g/mol. The Bertz CT molecular complexity index is 1290. The maximum Gasteiger partial charge on any atom is 0.257 e. The van der Waals surface area contributed by atoms with E-state index in [0.717, 1.165) is 6.07 Å². The molecule has 1 aliphatic rings. The smallest absolute Gasteiger partial charge is 0.257 e. The van der Waals surface area contributed by atoms with Crippen LogP contribution in [0.2, 0.25) is 0 Å². The lowest BCUT2D eigenvalue weighted by Gasteiger charge is -2.33. The van der Waals surface area contributed by atoms with Crippen LogP contribution >= 0.6 is 0 Å². The van der Waals surface area contributed by atoms with E-state index in [0.29, 0.717) is 12.1 Å². The summed E-state index contributed by atoms with van der Waals surface area (Å²) in [7, 11) is -4.01. The minimum atomic E-state index is -4.01. The van der Waals surface area contributed by atoms with Gasteiger partial charge in [-0.05, 0) is 24.5 Å². The van der Waals surface area contributed by atoms with Crippen LogP contribution in [0.5, 0.6) is 0 Å². The van der Waals surface area contributed by atoms with E-state index in [-0.39, 0.29) is 52.6 Å². The van der Waals surface area contributed by atoms with Gasteiger partial charge in [-0.3, -0.25) is 4.79 Å². The number of benzene rings is 2. The van der Waals surface area contributed by atoms with Crippen LogP contribution in [-0.4, -0.2) is 52.9 Å². The van der Waals surface area contributed by atoms with Crippen LogP contribution in [-0.2, 0) is 10.0 Å². The predicted octanol–water partition coefficient (Wildman–Crippen LogP) is 2.62. The standard InChI is InChI=1S/C20H19F3N4O4S/c1-10-8-27(3-2-17(10)28)32(30,31)12-6-13(19-16(7-12)24-9-25-19)20(29)26-11-4-14(21)18(23)15(22)5-11/h4-7,9-10,17,28H,2-3,8H2,1H3,(H,24,25)(H,26,29). The Morgan fingerprint density at radius 1 is 1.22 bits per heavy atom. The van der Waals surface area contributed by atoms with Crippen molar-refractivity contribution in [2.45, 2.75) is 24.3 Å². The van der Waals surface area contributed by atoms with Crippen molar-refractivity contribution in [1.82, 2.24) is 14.3 Å². The minimum Gasteiger partial charge on any atom is -0.393 e. The van der Waals surface area contributed by atoms with Gasteiger partial charge < -0.3 is 15.4 Å². The van der Waals surface area contributed by atoms with E-state index in [1.165, 1.54) is 16.7 Å². The topological polar surface area (TPSA) is 115 Å². The molecule has 1 aromatic heterocycles. The van der Waals surface area contributed by atoms with E-state index in [4.69, 9.17) is 0 Å². The molecule has 12 heteroatoms. The zero-order valence-corrected chi connectivity index (χ0v) is 17.6. The quantitative estimate of drug-likeness (QED) is 0.509. The first-order valence-corrected chi connectivity index (χ1v) is 11.1. The summed E-state index contributed by atoms with van der Waals surface area (Å²) >= 11 is 0. The Hall–Kier alpha value is -2.96. The number of rotatable bonds is 4. The van der Waals surface area contributed by atoms with Crippen molar-refractivity contribution < 1.29 is 31.5 Å². The van der Waals surface area contributed by atoms with E-state index in [2.05, 4.69) is 15.3 Å². The third kappa shape index (κ3) is 3.96. The van der Waals surface area contributed by atoms with E-state index >= 15 is 0 Å². The molecule has 0 bridgehead atoms. The van der Waals surface area contributed by atoms with Crippen LogP contribution in [0.25, 0.3) is 11.0 Å². The number of nitrogens with zero attached hydrogens (tertiary/aromatic N) is 2. The van der Waals surface area contributed by atoms with Crippen molar-refractivity contribution in [3.63, 3.8) is 0 Å². The van der Waals surface area contributed by atoms with Gasteiger partial charge in [0.05, 0.1) is 28.4 Å². The van der Waals surface area contributed by atoms with Crippen molar-refractivity contribution >= 4 is 32.7 Å². The lowest BCUT2D eigenvalue weighted by molar-refractivity contribution is 0.0628. The highest BCUT2D eigenvalue weighted by Gasteiger charge is 2.33. The average Bonchev–Trinajstić information content (AvgIpc) is 3.21. The van der Waals surface area contributed by atoms with Gasteiger partial charge in [0.1, 0.15) is 5.52 Å². The van der Waals surface area contributed by atoms with E-state index in [1.54, 1.807) is 6.92 Å². The second-order valence-electron chi connectivity index (χ2n) is 7.67. The first-order valence-electron chi connectivity index (χ1n) is 9.69. The number of halogens is 3. The Kier molecular flexibility index (Phi) is 5.69. The number of hydrogen-bond donors (Lipinski definition) is 3. The zero-order valence-electron chi connectivity index (χ0n) is 16.8. The molecular weight excluding hydrogens is 449 g/mol. The number of aliphatic hydroxyl groups is 1. The molecule has 1 amide bonds. The second-order valence-corrected chi connectivity index (χ2v) is 9.61. The number of sulfonamides is 1. The molecule has 0 spiro atoms. The van der Waals surface area contributed by atoms with E-state index in [1.807, 2.05) is 0 Å². The number of aliphatic hydroxyl groups excluding tert-OH is 1. The monoisotopic (exact) mass is 468 g/mol. The van der Waals surface area contributed by atoms with E-state index in [9.17, 15) is 31.5 Å². The molecule has 2 heterocycles. The number of aromatic amines is 1. The van der Waals surface area contributed by atoms with Crippen molar-refractivity contribution in [3.05, 3.63) is 53.6 Å². The highest BCUT2D eigenvalue weighted by Crippen LogP contribution is 2.28. The molecule has 1 aliphatic heterocycles. The molecule has 4 rings (SSSR count). The van der Waals surface area contributed by atoms with Crippen LogP contribution in [0.1, 0.15) is 23.7 Å². The number of carbonyl (C=O) groups is 1. The van der Waals surface area contributed by atoms with Crippen LogP contribution in [0.4, 0.5) is 18.9 Å². The van der Waals surface area contributed by atoms with Crippen molar-refractivity contribution in [2.75, 3.05) is 18.4 Å². The molecule has 2 aromatic carbocycles. The second kappa shape index (κ2) is 8.19. The normalized spacial score (nSPS) is 19.9. The largest absolute Gasteiger partial charge is 0.393 e. The number of piperidine rings is 1. The molecule has 3 N–H and O–H groups in total. The maximum atomic E-state index is 13.5. The lowest BCUT2D eigenvalue weighted by Crippen LogP contribution is -2.44. The van der Waals surface area contributed by atoms with Crippen LogP contribution < -0.4 is 5.32 Å². The summed E-state index contributed by atoms with van der Waals surface area (Å²) < 4.78 is 67.8. The molecule has 2 atom stereocenters. The third-order valence-electron chi connectivity index (χ3n) is 5.44. The highest BCUT2D eigenvalue weighted by molar-refractivity contribution is 7.89. The van der Waals surface area contributed by atoms with Gasteiger partial charge >= 0.3 is 0 Å². The molecule has 0 aliphatic carbocycles. The maximum absolute atomic E-state index is 13.5. The van der Waals surface area contributed by atoms with Gasteiger partial charge in [0, 0.05) is 30.9 Å². The molecule has 1 fully saturated rings. The molecule has 0 radical (unpaired) electrons. The summed E-state index contributed by atoms with van der Waals surface area (Å²) in [4.78, 5) is 19.4. The van der Waals surface area contributed by atoms with Gasteiger partial charge in [0.25, 0.3) is 5.91 Å². The van der Waals surface area contributed by atoms with Crippen molar-refractivity contribution in [2.24, 2.45) is 5.92 Å². The summed E-state index contributed by atoms with van der Waals surface area (Å²) in [5.74, 6) is -5.79. The van der Waals surface area contributed by atoms with Crippen molar-refractivity contribution in [1.29, 1.82) is 0 Å². The van der Waals surface area contributed by atoms with Crippen LogP contribution in [0.3, 0.4) is 0 Å². The fourth-order valence-corrected chi connectivity index (χ4v) is 5.24. The number of imidazole rings is 1. The zero-order chi connectivity index (χ0) is 23.2. The van der Waals surface area contributed by atoms with Gasteiger partial charge in [-0.1, -0.05) is 6.92 Å². The van der Waals surface area contributed by atoms with Gasteiger partial charge in [-0.15, -0.1) is 0 Å². The SMILES string of the molecule is CC1CN(S(=O)(=O)c2cc(C(=O)Nc3cc(F)c(F)c(F)c3)c3nc[nH]c3c2)CCC1O. The summed E-state index contributed by atoms with van der Waals surface area (Å²) in [5, 5.41) is 12.1. The number of carbonyl (C=O) groups excluding carboxylic acids is 1. The summed E-state index contributed by atoms with van der Waals surface area (Å²) in [5.41, 5.74) is -0.0931. The van der Waals surface area contributed by atoms with Crippen molar-refractivity contribution in [3.8, 4) is 0 Å². The molecule has 170 valence electrons. The number of aromatic nitrogens is 2. The fourth-order valence-electron chi connectivity index (χ4n) is 3.63. The minimum absolute atomic E-state index is 0.111. The van der Waals surface area contributed by atoms with Gasteiger partial charge in [-0.25, -0.2) is 26.6 Å². The highest BCUT2D eigenvalue weighted by atomic mass is 32.2. The summed E-state index contributed by atoms with van der Waals surface area (Å²) in [6.07, 6.45) is 0.949. The number of H-pyrrole nitrogens is 1. The first-order chi connectivity index (χ1) is 15.1. The fraction of sp³-hybridized carbons (Fsp3) is 0.300. The Balaban J connectivity index is 1.71. The Labute approximate surface area is 181 Å². The van der Waals surface area contributed by atoms with Gasteiger partial charge in [-0.2, -0.15) is 4.31 Å². The Morgan fingerprint density at radius 3 is 2.56 bits per heavy atom. The third-order valence-corrected chi connectivity index (χ3v) is 7.29. The summed E-state index contributed by atoms with van der Waals surface area (Å²) in [6.45, 7) is 1.97. The van der Waals surface area contributed by atoms with Crippen LogP contribution in [0.15, 0.2) is 35.5 Å². The number of anilines is 1. The lowest BCUT2D eigenvalue weighted by atomic mass is 9.99. The summed E-state index contributed by atoms with van der Waals surface area (Å²) in [6, 6.07) is 3.68. The van der Waals surface area contributed by atoms with E-state index < -0.39 is 39.5 Å².